The maximum atomic E-state index is 4.81. The first-order chi connectivity index (χ1) is 13.0. The number of hydrogen-bond acceptors (Lipinski definition) is 4. The summed E-state index contributed by atoms with van der Waals surface area (Å²) < 4.78 is 3.93. The lowest BCUT2D eigenvalue weighted by Gasteiger charge is -2.19. The predicted molar refractivity (Wildman–Crippen MR) is 108 cm³/mol. The number of anilines is 1. The topological polar surface area (TPSA) is 51.2 Å². The Morgan fingerprint density at radius 1 is 1.04 bits per heavy atom. The van der Waals surface area contributed by atoms with Gasteiger partial charge in [0, 0.05) is 37.2 Å². The van der Waals surface area contributed by atoms with Crippen molar-refractivity contribution in [2.24, 2.45) is 0 Å². The van der Waals surface area contributed by atoms with Gasteiger partial charge in [0.15, 0.2) is 5.82 Å². The van der Waals surface area contributed by atoms with Crippen LogP contribution in [0.25, 0.3) is 11.2 Å². The van der Waals surface area contributed by atoms with E-state index in [1.807, 2.05) is 22.3 Å². The summed E-state index contributed by atoms with van der Waals surface area (Å²) in [6, 6.07) is 10.4. The summed E-state index contributed by atoms with van der Waals surface area (Å²) in [5.74, 6) is 0.917. The highest BCUT2D eigenvalue weighted by Crippen LogP contribution is 2.25. The molecule has 0 saturated heterocycles. The van der Waals surface area contributed by atoms with E-state index < -0.39 is 0 Å². The Morgan fingerprint density at radius 3 is 2.59 bits per heavy atom. The van der Waals surface area contributed by atoms with Crippen LogP contribution in [0.1, 0.15) is 28.2 Å². The molecule has 3 aromatic heterocycles. The summed E-state index contributed by atoms with van der Waals surface area (Å²) in [6.07, 6.45) is 3.67. The number of aryl methyl sites for hydroxylation is 3. The molecule has 6 nitrogen and oxygen atoms in total. The van der Waals surface area contributed by atoms with E-state index in [1.54, 1.807) is 6.20 Å². The normalized spacial score (nSPS) is 11.3. The van der Waals surface area contributed by atoms with E-state index in [0.29, 0.717) is 0 Å². The molecule has 0 saturated carbocycles. The van der Waals surface area contributed by atoms with Gasteiger partial charge in [-0.1, -0.05) is 18.2 Å². The van der Waals surface area contributed by atoms with Crippen molar-refractivity contribution in [2.75, 3.05) is 11.9 Å². The smallest absolute Gasteiger partial charge is 0.154 e. The fourth-order valence-corrected chi connectivity index (χ4v) is 3.58. The molecule has 0 amide bonds. The minimum Gasteiger partial charge on any atom is -0.353 e. The lowest BCUT2D eigenvalue weighted by molar-refractivity contribution is 0.824. The van der Waals surface area contributed by atoms with Gasteiger partial charge in [0.05, 0.1) is 17.1 Å². The predicted octanol–water partition coefficient (Wildman–Crippen LogP) is 3.79. The van der Waals surface area contributed by atoms with Crippen molar-refractivity contribution in [3.8, 4) is 5.69 Å². The fraction of sp³-hybridized carbons (Fsp3) is 0.286. The summed E-state index contributed by atoms with van der Waals surface area (Å²) in [7, 11) is 2.06. The van der Waals surface area contributed by atoms with Crippen LogP contribution in [0.2, 0.25) is 0 Å². The summed E-state index contributed by atoms with van der Waals surface area (Å²) in [5, 5.41) is 9.29. The molecule has 0 unspecified atom stereocenters. The van der Waals surface area contributed by atoms with Crippen molar-refractivity contribution in [3.63, 3.8) is 0 Å². The van der Waals surface area contributed by atoms with Crippen molar-refractivity contribution < 1.29 is 0 Å². The molecule has 4 rings (SSSR count). The first-order valence-electron chi connectivity index (χ1n) is 9.09. The van der Waals surface area contributed by atoms with Gasteiger partial charge in [0.1, 0.15) is 5.52 Å². The molecule has 0 fully saturated rings. The highest BCUT2D eigenvalue weighted by Gasteiger charge is 2.17. The number of para-hydroxylation sites is 1. The molecule has 138 valence electrons. The zero-order valence-electron chi connectivity index (χ0n) is 16.4. The maximum Gasteiger partial charge on any atom is 0.154 e. The fourth-order valence-electron chi connectivity index (χ4n) is 3.58. The van der Waals surface area contributed by atoms with Gasteiger partial charge >= 0.3 is 0 Å². The van der Waals surface area contributed by atoms with Crippen LogP contribution in [-0.2, 0) is 6.54 Å². The Hall–Kier alpha value is -3.15. The third-order valence-electron chi connectivity index (χ3n) is 5.03. The lowest BCUT2D eigenvalue weighted by atomic mass is 10.1. The molecule has 0 bridgehead atoms. The number of rotatable bonds is 4. The van der Waals surface area contributed by atoms with Crippen molar-refractivity contribution in [3.05, 3.63) is 70.9 Å². The summed E-state index contributed by atoms with van der Waals surface area (Å²) in [6.45, 7) is 9.05. The highest BCUT2D eigenvalue weighted by molar-refractivity contribution is 5.69. The van der Waals surface area contributed by atoms with E-state index in [2.05, 4.69) is 73.1 Å². The maximum absolute atomic E-state index is 4.81. The van der Waals surface area contributed by atoms with Gasteiger partial charge in [-0.15, -0.1) is 0 Å². The van der Waals surface area contributed by atoms with Crippen LogP contribution >= 0.6 is 0 Å². The number of nitrogens with zero attached hydrogens (tertiary/aromatic N) is 6. The van der Waals surface area contributed by atoms with Crippen LogP contribution in [0.4, 0.5) is 5.82 Å². The zero-order chi connectivity index (χ0) is 19.1. The molecular weight excluding hydrogens is 336 g/mol. The second-order valence-electron chi connectivity index (χ2n) is 7.07. The van der Waals surface area contributed by atoms with Crippen molar-refractivity contribution in [1.29, 1.82) is 0 Å². The number of fused-ring (bicyclic) bond motifs is 1. The zero-order valence-corrected chi connectivity index (χ0v) is 16.4. The van der Waals surface area contributed by atoms with Crippen LogP contribution in [0.5, 0.6) is 0 Å². The van der Waals surface area contributed by atoms with E-state index in [4.69, 9.17) is 5.10 Å². The molecule has 4 aromatic rings. The molecule has 0 N–H and O–H groups in total. The quantitative estimate of drug-likeness (QED) is 0.556. The summed E-state index contributed by atoms with van der Waals surface area (Å²) >= 11 is 0. The van der Waals surface area contributed by atoms with Gasteiger partial charge in [-0.2, -0.15) is 10.2 Å². The van der Waals surface area contributed by atoms with Gasteiger partial charge in [-0.3, -0.25) is 0 Å². The van der Waals surface area contributed by atoms with Crippen LogP contribution in [-0.4, -0.2) is 31.4 Å². The molecule has 27 heavy (non-hydrogen) atoms. The van der Waals surface area contributed by atoms with Gasteiger partial charge in [0.2, 0.25) is 0 Å². The largest absolute Gasteiger partial charge is 0.353 e. The average molecular weight is 360 g/mol. The molecule has 6 heteroatoms. The van der Waals surface area contributed by atoms with E-state index in [0.717, 1.165) is 40.6 Å². The highest BCUT2D eigenvalue weighted by atomic mass is 15.3. The molecule has 0 aliphatic carbocycles. The van der Waals surface area contributed by atoms with Crippen molar-refractivity contribution >= 4 is 11.3 Å². The first kappa shape index (κ1) is 17.3. The second kappa shape index (κ2) is 6.54. The molecule has 0 radical (unpaired) electrons. The van der Waals surface area contributed by atoms with E-state index in [1.165, 1.54) is 11.1 Å². The van der Waals surface area contributed by atoms with Crippen molar-refractivity contribution in [1.82, 2.24) is 24.4 Å². The molecule has 0 aliphatic heterocycles. The van der Waals surface area contributed by atoms with Gasteiger partial charge in [0.25, 0.3) is 0 Å². The Balaban J connectivity index is 1.71. The number of benzene rings is 1. The van der Waals surface area contributed by atoms with Gasteiger partial charge in [-0.25, -0.2) is 14.2 Å². The second-order valence-corrected chi connectivity index (χ2v) is 7.07. The molecule has 1 aromatic carbocycles. The summed E-state index contributed by atoms with van der Waals surface area (Å²) in [5.41, 5.74) is 7.75. The average Bonchev–Trinajstić information content (AvgIpc) is 3.15. The molecular formula is C21H24N6. The number of aromatic nitrogens is 5. The van der Waals surface area contributed by atoms with Gasteiger partial charge in [-0.05, 0) is 45.4 Å². The lowest BCUT2D eigenvalue weighted by Crippen LogP contribution is -2.19. The van der Waals surface area contributed by atoms with E-state index in [9.17, 15) is 0 Å². The van der Waals surface area contributed by atoms with Gasteiger partial charge < -0.3 is 4.90 Å². The number of hydrogen-bond donors (Lipinski definition) is 0. The minimum absolute atomic E-state index is 0.737. The molecule has 3 heterocycles. The van der Waals surface area contributed by atoms with E-state index in [-0.39, 0.29) is 0 Å². The monoisotopic (exact) mass is 360 g/mol. The van der Waals surface area contributed by atoms with Crippen LogP contribution in [0, 0.1) is 27.7 Å². The van der Waals surface area contributed by atoms with Crippen molar-refractivity contribution in [2.45, 2.75) is 34.2 Å². The van der Waals surface area contributed by atoms with Crippen LogP contribution < -0.4 is 4.90 Å². The summed E-state index contributed by atoms with van der Waals surface area (Å²) in [4.78, 5) is 6.75. The Labute approximate surface area is 159 Å². The third-order valence-corrected chi connectivity index (χ3v) is 5.03. The van der Waals surface area contributed by atoms with E-state index >= 15 is 0 Å². The Bertz CT molecular complexity index is 1120. The molecule has 0 spiro atoms. The third kappa shape index (κ3) is 2.97. The molecule has 0 aliphatic rings. The SMILES string of the molecule is Cc1cc2c(N(C)Cc3c(C)nn(-c4ccccc4C)c3C)nccn2n1. The Kier molecular flexibility index (Phi) is 4.18. The Morgan fingerprint density at radius 2 is 1.81 bits per heavy atom. The van der Waals surface area contributed by atoms with Crippen LogP contribution in [0.15, 0.2) is 42.7 Å². The minimum atomic E-state index is 0.737. The van der Waals surface area contributed by atoms with Crippen LogP contribution in [0.3, 0.4) is 0 Å². The molecule has 0 atom stereocenters. The standard InChI is InChI=1S/C21H24N6/c1-14-8-6-7-9-19(14)27-17(4)18(16(3)24-27)13-25(5)21-20-12-15(2)23-26(20)11-10-22-21/h6-12H,13H2,1-5H3. The first-order valence-corrected chi connectivity index (χ1v) is 9.09.